The first-order valence-corrected chi connectivity index (χ1v) is 4.10. The molecule has 1 aromatic carbocycles. The lowest BCUT2D eigenvalue weighted by molar-refractivity contribution is -0.105. The Labute approximate surface area is 80.2 Å². The van der Waals surface area contributed by atoms with E-state index in [2.05, 4.69) is 10.3 Å². The Bertz CT molecular complexity index is 483. The summed E-state index contributed by atoms with van der Waals surface area (Å²) in [6.07, 6.45) is 1.84. The van der Waals surface area contributed by atoms with Crippen molar-refractivity contribution in [1.29, 1.82) is 0 Å². The first-order valence-electron chi connectivity index (χ1n) is 4.10. The van der Waals surface area contributed by atoms with Crippen LogP contribution in [0.4, 0.5) is 5.69 Å². The van der Waals surface area contributed by atoms with E-state index < -0.39 is 0 Å². The van der Waals surface area contributed by atoms with Crippen LogP contribution in [0, 0.1) is 0 Å². The highest BCUT2D eigenvalue weighted by Crippen LogP contribution is 2.29. The number of benzene rings is 1. The van der Waals surface area contributed by atoms with Crippen LogP contribution in [0.5, 0.6) is 5.75 Å². The number of aromatic nitrogens is 1. The molecular formula is C10H8N2O2. The summed E-state index contributed by atoms with van der Waals surface area (Å²) < 4.78 is 0. The Morgan fingerprint density at radius 3 is 2.93 bits per heavy atom. The molecule has 1 amide bonds. The van der Waals surface area contributed by atoms with E-state index in [1.165, 1.54) is 6.20 Å². The molecule has 0 aliphatic carbocycles. The van der Waals surface area contributed by atoms with Crippen molar-refractivity contribution >= 4 is 23.0 Å². The van der Waals surface area contributed by atoms with Crippen LogP contribution in [-0.4, -0.2) is 16.5 Å². The van der Waals surface area contributed by atoms with Crippen molar-refractivity contribution in [1.82, 2.24) is 4.98 Å². The Balaban J connectivity index is 2.75. The molecule has 2 aromatic rings. The second-order valence-corrected chi connectivity index (χ2v) is 2.80. The summed E-state index contributed by atoms with van der Waals surface area (Å²) in [4.78, 5) is 14.3. The van der Waals surface area contributed by atoms with Gasteiger partial charge in [-0.3, -0.25) is 9.78 Å². The molecule has 0 bridgehead atoms. The van der Waals surface area contributed by atoms with Crippen LogP contribution in [0.2, 0.25) is 0 Å². The normalized spacial score (nSPS) is 10.0. The first kappa shape index (κ1) is 8.50. The van der Waals surface area contributed by atoms with Gasteiger partial charge in [-0.2, -0.15) is 0 Å². The molecular weight excluding hydrogens is 180 g/mol. The number of amides is 1. The Kier molecular flexibility index (Phi) is 2.02. The molecule has 0 unspecified atom stereocenters. The van der Waals surface area contributed by atoms with Gasteiger partial charge in [0.15, 0.2) is 5.75 Å². The van der Waals surface area contributed by atoms with Gasteiger partial charge in [0, 0.05) is 5.39 Å². The number of carbonyl (C=O) groups excluding carboxylic acids is 1. The van der Waals surface area contributed by atoms with Crippen molar-refractivity contribution in [2.24, 2.45) is 0 Å². The zero-order chi connectivity index (χ0) is 9.97. The molecule has 4 heteroatoms. The van der Waals surface area contributed by atoms with Gasteiger partial charge in [0.1, 0.15) is 0 Å². The Hall–Kier alpha value is -2.10. The van der Waals surface area contributed by atoms with Crippen molar-refractivity contribution in [3.63, 3.8) is 0 Å². The highest BCUT2D eigenvalue weighted by molar-refractivity contribution is 5.97. The minimum absolute atomic E-state index is 0.0317. The van der Waals surface area contributed by atoms with Gasteiger partial charge in [0.05, 0.1) is 17.4 Å². The summed E-state index contributed by atoms with van der Waals surface area (Å²) in [7, 11) is 0. The SMILES string of the molecule is O=CNc1c(O)cnc2ccccc12. The standard InChI is InChI=1S/C10H8N2O2/c13-6-12-10-7-3-1-2-4-8(7)11-5-9(10)14/h1-6,14H,(H,11,12,13). The van der Waals surface area contributed by atoms with E-state index in [4.69, 9.17) is 0 Å². The smallest absolute Gasteiger partial charge is 0.211 e. The summed E-state index contributed by atoms with van der Waals surface area (Å²) in [5.41, 5.74) is 1.13. The largest absolute Gasteiger partial charge is 0.504 e. The molecule has 2 N–H and O–H groups in total. The molecule has 1 heterocycles. The van der Waals surface area contributed by atoms with Gasteiger partial charge in [-0.25, -0.2) is 0 Å². The zero-order valence-corrected chi connectivity index (χ0v) is 7.27. The number of hydrogen-bond donors (Lipinski definition) is 2. The van der Waals surface area contributed by atoms with Crippen LogP contribution in [0.15, 0.2) is 30.5 Å². The monoisotopic (exact) mass is 188 g/mol. The van der Waals surface area contributed by atoms with Crippen LogP contribution in [0.1, 0.15) is 0 Å². The highest BCUT2D eigenvalue weighted by atomic mass is 16.3. The van der Waals surface area contributed by atoms with Crippen molar-refractivity contribution in [2.75, 3.05) is 5.32 Å². The number of anilines is 1. The molecule has 0 aliphatic heterocycles. The second kappa shape index (κ2) is 3.33. The van der Waals surface area contributed by atoms with Crippen LogP contribution in [0.3, 0.4) is 0 Å². The first-order chi connectivity index (χ1) is 6.83. The Morgan fingerprint density at radius 2 is 2.14 bits per heavy atom. The van der Waals surface area contributed by atoms with Gasteiger partial charge in [-0.05, 0) is 6.07 Å². The minimum atomic E-state index is -0.0317. The second-order valence-electron chi connectivity index (χ2n) is 2.80. The third-order valence-corrected chi connectivity index (χ3v) is 1.96. The maximum Gasteiger partial charge on any atom is 0.211 e. The van der Waals surface area contributed by atoms with E-state index in [-0.39, 0.29) is 5.75 Å². The predicted molar refractivity (Wildman–Crippen MR) is 53.1 cm³/mol. The summed E-state index contributed by atoms with van der Waals surface area (Å²) in [5.74, 6) is -0.0317. The van der Waals surface area contributed by atoms with Crippen molar-refractivity contribution < 1.29 is 9.90 Å². The number of nitrogens with one attached hydrogen (secondary N) is 1. The van der Waals surface area contributed by atoms with Gasteiger partial charge in [0.2, 0.25) is 6.41 Å². The fraction of sp³-hybridized carbons (Fsp3) is 0. The molecule has 0 atom stereocenters. The van der Waals surface area contributed by atoms with Crippen molar-refractivity contribution in [3.8, 4) is 5.75 Å². The predicted octanol–water partition coefficient (Wildman–Crippen LogP) is 1.51. The minimum Gasteiger partial charge on any atom is -0.504 e. The highest BCUT2D eigenvalue weighted by Gasteiger charge is 2.05. The van der Waals surface area contributed by atoms with Gasteiger partial charge in [0.25, 0.3) is 0 Å². The summed E-state index contributed by atoms with van der Waals surface area (Å²) >= 11 is 0. The fourth-order valence-corrected chi connectivity index (χ4v) is 1.34. The molecule has 0 spiro atoms. The number of hydrogen-bond acceptors (Lipinski definition) is 3. The van der Waals surface area contributed by atoms with Crippen LogP contribution in [-0.2, 0) is 4.79 Å². The molecule has 4 nitrogen and oxygen atoms in total. The summed E-state index contributed by atoms with van der Waals surface area (Å²) in [6.45, 7) is 0. The van der Waals surface area contributed by atoms with Crippen molar-refractivity contribution in [2.45, 2.75) is 0 Å². The fourth-order valence-electron chi connectivity index (χ4n) is 1.34. The molecule has 0 saturated heterocycles. The van der Waals surface area contributed by atoms with E-state index in [0.29, 0.717) is 12.1 Å². The number of rotatable bonds is 2. The average molecular weight is 188 g/mol. The topological polar surface area (TPSA) is 62.2 Å². The van der Waals surface area contributed by atoms with E-state index in [0.717, 1.165) is 10.9 Å². The quantitative estimate of drug-likeness (QED) is 0.702. The number of aromatic hydroxyl groups is 1. The number of para-hydroxylation sites is 1. The lowest BCUT2D eigenvalue weighted by Gasteiger charge is -2.05. The van der Waals surface area contributed by atoms with Gasteiger partial charge in [-0.15, -0.1) is 0 Å². The van der Waals surface area contributed by atoms with Gasteiger partial charge < -0.3 is 10.4 Å². The maximum absolute atomic E-state index is 10.3. The number of nitrogens with zero attached hydrogens (tertiary/aromatic N) is 1. The molecule has 0 aliphatic rings. The third-order valence-electron chi connectivity index (χ3n) is 1.96. The third kappa shape index (κ3) is 1.26. The molecule has 70 valence electrons. The molecule has 1 aromatic heterocycles. The Morgan fingerprint density at radius 1 is 1.36 bits per heavy atom. The summed E-state index contributed by atoms with van der Waals surface area (Å²) in [5, 5.41) is 12.6. The van der Waals surface area contributed by atoms with Gasteiger partial charge >= 0.3 is 0 Å². The van der Waals surface area contributed by atoms with E-state index in [1.807, 2.05) is 18.2 Å². The van der Waals surface area contributed by atoms with E-state index in [1.54, 1.807) is 6.07 Å². The van der Waals surface area contributed by atoms with Crippen LogP contribution in [0.25, 0.3) is 10.9 Å². The van der Waals surface area contributed by atoms with Crippen molar-refractivity contribution in [3.05, 3.63) is 30.5 Å². The summed E-state index contributed by atoms with van der Waals surface area (Å²) in [6, 6.07) is 7.26. The lowest BCUT2D eigenvalue weighted by Crippen LogP contribution is -1.96. The molecule has 2 rings (SSSR count). The zero-order valence-electron chi connectivity index (χ0n) is 7.27. The number of pyridine rings is 1. The molecule has 0 saturated carbocycles. The molecule has 0 fully saturated rings. The average Bonchev–Trinajstić information content (AvgIpc) is 2.23. The van der Waals surface area contributed by atoms with Crippen LogP contribution >= 0.6 is 0 Å². The van der Waals surface area contributed by atoms with E-state index >= 15 is 0 Å². The number of carbonyl (C=O) groups is 1. The molecule has 0 radical (unpaired) electrons. The molecule has 14 heavy (non-hydrogen) atoms. The number of fused-ring (bicyclic) bond motifs is 1. The maximum atomic E-state index is 10.3. The lowest BCUT2D eigenvalue weighted by atomic mass is 10.2. The van der Waals surface area contributed by atoms with E-state index in [9.17, 15) is 9.90 Å². The van der Waals surface area contributed by atoms with Crippen LogP contribution < -0.4 is 5.32 Å². The van der Waals surface area contributed by atoms with Gasteiger partial charge in [-0.1, -0.05) is 18.2 Å².